The molecule has 6 heteroatoms. The molecule has 1 aliphatic heterocycles. The molecular weight excluding hydrogens is 312 g/mol. The second-order valence-electron chi connectivity index (χ2n) is 5.06. The number of hydrogen-bond donors (Lipinski definition) is 2. The van der Waals surface area contributed by atoms with Gasteiger partial charge in [0.15, 0.2) is 17.6 Å². The lowest BCUT2D eigenvalue weighted by molar-refractivity contribution is 0.0922. The van der Waals surface area contributed by atoms with Crippen LogP contribution in [0.1, 0.15) is 0 Å². The summed E-state index contributed by atoms with van der Waals surface area (Å²) in [5, 5.41) is 5.60. The standard InChI is InChI=1S/C17H18N2O3S/c1-23-14-8-6-12(7-9-14)19-17(20)18-10-13-11-21-15-4-2-3-5-16(15)22-13/h2-9,13H,10-11H2,1H3,(H2,18,19,20). The fraction of sp³-hybridized carbons (Fsp3) is 0.235. The quantitative estimate of drug-likeness (QED) is 0.844. The second-order valence-corrected chi connectivity index (χ2v) is 5.94. The van der Waals surface area contributed by atoms with Crippen molar-refractivity contribution in [1.82, 2.24) is 5.32 Å². The van der Waals surface area contributed by atoms with Crippen molar-refractivity contribution in [2.75, 3.05) is 24.7 Å². The highest BCUT2D eigenvalue weighted by molar-refractivity contribution is 7.98. The molecule has 1 unspecified atom stereocenters. The van der Waals surface area contributed by atoms with Crippen LogP contribution in [0.3, 0.4) is 0 Å². The van der Waals surface area contributed by atoms with Crippen LogP contribution in [0.5, 0.6) is 11.5 Å². The summed E-state index contributed by atoms with van der Waals surface area (Å²) in [5.74, 6) is 1.45. The third-order valence-corrected chi connectivity index (χ3v) is 4.15. The number of anilines is 1. The molecule has 1 atom stereocenters. The lowest BCUT2D eigenvalue weighted by Gasteiger charge is -2.26. The second kappa shape index (κ2) is 7.28. The number of para-hydroxylation sites is 2. The number of hydrogen-bond acceptors (Lipinski definition) is 4. The van der Waals surface area contributed by atoms with Crippen LogP contribution in [0, 0.1) is 0 Å². The Morgan fingerprint density at radius 2 is 1.91 bits per heavy atom. The van der Waals surface area contributed by atoms with Gasteiger partial charge in [0.25, 0.3) is 0 Å². The first-order valence-electron chi connectivity index (χ1n) is 7.32. The third kappa shape index (κ3) is 4.10. The van der Waals surface area contributed by atoms with Gasteiger partial charge in [-0.1, -0.05) is 12.1 Å². The van der Waals surface area contributed by atoms with E-state index < -0.39 is 0 Å². The van der Waals surface area contributed by atoms with Gasteiger partial charge in [-0.15, -0.1) is 11.8 Å². The summed E-state index contributed by atoms with van der Waals surface area (Å²) in [6.45, 7) is 0.794. The Morgan fingerprint density at radius 1 is 1.17 bits per heavy atom. The number of nitrogens with one attached hydrogen (secondary N) is 2. The van der Waals surface area contributed by atoms with Crippen molar-refractivity contribution in [3.8, 4) is 11.5 Å². The predicted octanol–water partition coefficient (Wildman–Crippen LogP) is 3.37. The minimum Gasteiger partial charge on any atom is -0.486 e. The molecule has 0 fully saturated rings. The van der Waals surface area contributed by atoms with Crippen LogP contribution in [0.15, 0.2) is 53.4 Å². The number of carbonyl (C=O) groups is 1. The minimum absolute atomic E-state index is 0.200. The molecule has 0 spiro atoms. The van der Waals surface area contributed by atoms with E-state index in [1.807, 2.05) is 54.8 Å². The first kappa shape index (κ1) is 15.6. The van der Waals surface area contributed by atoms with Crippen molar-refractivity contribution in [1.29, 1.82) is 0 Å². The highest BCUT2D eigenvalue weighted by Gasteiger charge is 2.20. The molecule has 1 aliphatic rings. The summed E-state index contributed by atoms with van der Waals surface area (Å²) >= 11 is 1.66. The van der Waals surface area contributed by atoms with Gasteiger partial charge in [0, 0.05) is 10.6 Å². The number of ether oxygens (including phenoxy) is 2. The SMILES string of the molecule is CSc1ccc(NC(=O)NCC2COc3ccccc3O2)cc1. The average Bonchev–Trinajstić information content (AvgIpc) is 2.60. The van der Waals surface area contributed by atoms with Crippen molar-refractivity contribution in [3.05, 3.63) is 48.5 Å². The lowest BCUT2D eigenvalue weighted by atomic mass is 10.2. The number of fused-ring (bicyclic) bond motifs is 1. The molecule has 5 nitrogen and oxygen atoms in total. The maximum atomic E-state index is 11.9. The van der Waals surface area contributed by atoms with E-state index in [9.17, 15) is 4.79 Å². The van der Waals surface area contributed by atoms with Crippen molar-refractivity contribution < 1.29 is 14.3 Å². The summed E-state index contributed by atoms with van der Waals surface area (Å²) in [5.41, 5.74) is 0.756. The Labute approximate surface area is 139 Å². The van der Waals surface area contributed by atoms with Gasteiger partial charge in [0.1, 0.15) is 6.61 Å². The molecule has 23 heavy (non-hydrogen) atoms. The molecule has 1 heterocycles. The van der Waals surface area contributed by atoms with Crippen LogP contribution < -0.4 is 20.1 Å². The minimum atomic E-state index is -0.260. The highest BCUT2D eigenvalue weighted by Crippen LogP contribution is 2.30. The zero-order chi connectivity index (χ0) is 16.1. The molecule has 0 radical (unpaired) electrons. The van der Waals surface area contributed by atoms with Gasteiger partial charge < -0.3 is 20.1 Å². The van der Waals surface area contributed by atoms with Crippen molar-refractivity contribution in [2.24, 2.45) is 0 Å². The number of thioether (sulfide) groups is 1. The van der Waals surface area contributed by atoms with E-state index in [-0.39, 0.29) is 12.1 Å². The van der Waals surface area contributed by atoms with E-state index in [2.05, 4.69) is 10.6 Å². The molecule has 2 N–H and O–H groups in total. The molecule has 0 aromatic heterocycles. The van der Waals surface area contributed by atoms with E-state index in [0.29, 0.717) is 18.9 Å². The van der Waals surface area contributed by atoms with Crippen molar-refractivity contribution in [3.63, 3.8) is 0 Å². The predicted molar refractivity (Wildman–Crippen MR) is 91.6 cm³/mol. The van der Waals surface area contributed by atoms with E-state index >= 15 is 0 Å². The molecule has 2 aromatic rings. The first-order chi connectivity index (χ1) is 11.2. The Hall–Kier alpha value is -2.34. The molecule has 0 saturated carbocycles. The van der Waals surface area contributed by atoms with Crippen LogP contribution in [0.2, 0.25) is 0 Å². The summed E-state index contributed by atoms with van der Waals surface area (Å²) in [6.07, 6.45) is 1.81. The number of amides is 2. The van der Waals surface area contributed by atoms with Gasteiger partial charge in [-0.3, -0.25) is 0 Å². The van der Waals surface area contributed by atoms with E-state index in [1.54, 1.807) is 11.8 Å². The molecule has 0 saturated heterocycles. The summed E-state index contributed by atoms with van der Waals surface area (Å²) in [7, 11) is 0. The van der Waals surface area contributed by atoms with Gasteiger partial charge in [-0.2, -0.15) is 0 Å². The molecular formula is C17H18N2O3S. The molecule has 2 amide bonds. The monoisotopic (exact) mass is 330 g/mol. The smallest absolute Gasteiger partial charge is 0.319 e. The molecule has 3 rings (SSSR count). The zero-order valence-electron chi connectivity index (χ0n) is 12.7. The van der Waals surface area contributed by atoms with E-state index in [4.69, 9.17) is 9.47 Å². The van der Waals surface area contributed by atoms with Gasteiger partial charge in [0.2, 0.25) is 0 Å². The number of urea groups is 1. The third-order valence-electron chi connectivity index (χ3n) is 3.41. The van der Waals surface area contributed by atoms with E-state index in [1.165, 1.54) is 0 Å². The van der Waals surface area contributed by atoms with Crippen molar-refractivity contribution >= 4 is 23.5 Å². The Balaban J connectivity index is 1.47. The maximum Gasteiger partial charge on any atom is 0.319 e. The van der Waals surface area contributed by atoms with Crippen LogP contribution >= 0.6 is 11.8 Å². The van der Waals surface area contributed by atoms with Gasteiger partial charge >= 0.3 is 6.03 Å². The van der Waals surface area contributed by atoms with Gasteiger partial charge in [-0.25, -0.2) is 4.79 Å². The van der Waals surface area contributed by atoms with Crippen LogP contribution in [0.25, 0.3) is 0 Å². The summed E-state index contributed by atoms with van der Waals surface area (Å²) in [4.78, 5) is 13.1. The van der Waals surface area contributed by atoms with Gasteiger partial charge in [-0.05, 0) is 42.7 Å². The first-order valence-corrected chi connectivity index (χ1v) is 8.54. The van der Waals surface area contributed by atoms with E-state index in [0.717, 1.165) is 16.3 Å². The lowest BCUT2D eigenvalue weighted by Crippen LogP contribution is -2.42. The number of carbonyl (C=O) groups excluding carboxylic acids is 1. The molecule has 2 aromatic carbocycles. The normalized spacial score (nSPS) is 15.8. The zero-order valence-corrected chi connectivity index (χ0v) is 13.6. The summed E-state index contributed by atoms with van der Waals surface area (Å²) < 4.78 is 11.4. The van der Waals surface area contributed by atoms with Crippen molar-refractivity contribution in [2.45, 2.75) is 11.0 Å². The highest BCUT2D eigenvalue weighted by atomic mass is 32.2. The number of rotatable bonds is 4. The fourth-order valence-corrected chi connectivity index (χ4v) is 2.63. The van der Waals surface area contributed by atoms with Crippen LogP contribution in [-0.2, 0) is 0 Å². The maximum absolute atomic E-state index is 11.9. The Morgan fingerprint density at radius 3 is 2.65 bits per heavy atom. The summed E-state index contributed by atoms with van der Waals surface area (Å²) in [6, 6.07) is 14.9. The average molecular weight is 330 g/mol. The Bertz CT molecular complexity index is 676. The fourth-order valence-electron chi connectivity index (χ4n) is 2.22. The molecule has 0 bridgehead atoms. The molecule has 120 valence electrons. The number of benzene rings is 2. The van der Waals surface area contributed by atoms with Gasteiger partial charge in [0.05, 0.1) is 6.54 Å². The topological polar surface area (TPSA) is 59.6 Å². The molecule has 0 aliphatic carbocycles. The largest absolute Gasteiger partial charge is 0.486 e. The van der Waals surface area contributed by atoms with Crippen LogP contribution in [0.4, 0.5) is 10.5 Å². The Kier molecular flexibility index (Phi) is 4.92. The van der Waals surface area contributed by atoms with Crippen LogP contribution in [-0.4, -0.2) is 31.5 Å².